The Balaban J connectivity index is -0.0000000750. The van der Waals surface area contributed by atoms with Gasteiger partial charge in [-0.05, 0) is 20.8 Å². The first-order chi connectivity index (χ1) is 4.74. The lowest BCUT2D eigenvalue weighted by Gasteiger charge is -1.49. The van der Waals surface area contributed by atoms with Crippen molar-refractivity contribution in [2.75, 3.05) is 0 Å². The SMILES string of the molecule is C/C=C/C.C=CC.CCC. The molecular formula is C10H22. The average molecular weight is 142 g/mol. The van der Waals surface area contributed by atoms with E-state index in [0.29, 0.717) is 0 Å². The van der Waals surface area contributed by atoms with Gasteiger partial charge in [0.15, 0.2) is 0 Å². The van der Waals surface area contributed by atoms with Gasteiger partial charge >= 0.3 is 0 Å². The molecule has 0 aliphatic rings. The highest BCUT2D eigenvalue weighted by molar-refractivity contribution is 4.68. The van der Waals surface area contributed by atoms with E-state index in [0.717, 1.165) is 0 Å². The largest absolute Gasteiger partial charge is 0.103 e. The molecule has 0 rings (SSSR count). The molecule has 0 atom stereocenters. The minimum absolute atomic E-state index is 1.25. The summed E-state index contributed by atoms with van der Waals surface area (Å²) < 4.78 is 0. The van der Waals surface area contributed by atoms with E-state index >= 15 is 0 Å². The van der Waals surface area contributed by atoms with E-state index in [1.165, 1.54) is 6.42 Å². The van der Waals surface area contributed by atoms with Crippen LogP contribution in [-0.4, -0.2) is 0 Å². The van der Waals surface area contributed by atoms with Gasteiger partial charge in [0.1, 0.15) is 0 Å². The second-order valence-electron chi connectivity index (χ2n) is 1.78. The summed E-state index contributed by atoms with van der Waals surface area (Å²) in [6.45, 7) is 13.5. The fraction of sp³-hybridized carbons (Fsp3) is 0.600. The summed E-state index contributed by atoms with van der Waals surface area (Å²) in [6.07, 6.45) is 7.00. The lowest BCUT2D eigenvalue weighted by Crippen LogP contribution is -1.27. The summed E-state index contributed by atoms with van der Waals surface area (Å²) in [5.74, 6) is 0. The zero-order chi connectivity index (χ0) is 8.83. The summed E-state index contributed by atoms with van der Waals surface area (Å²) >= 11 is 0. The number of rotatable bonds is 0. The van der Waals surface area contributed by atoms with Crippen molar-refractivity contribution in [3.63, 3.8) is 0 Å². The molecule has 0 fully saturated rings. The van der Waals surface area contributed by atoms with E-state index in [1.54, 1.807) is 6.08 Å². The van der Waals surface area contributed by atoms with Crippen LogP contribution in [0.15, 0.2) is 24.8 Å². The molecule has 0 bridgehead atoms. The first-order valence-electron chi connectivity index (χ1n) is 3.89. The van der Waals surface area contributed by atoms with Crippen LogP contribution in [0.2, 0.25) is 0 Å². The Kier molecular flexibility index (Phi) is 63.6. The minimum Gasteiger partial charge on any atom is -0.103 e. The molecule has 0 heterocycles. The van der Waals surface area contributed by atoms with Crippen molar-refractivity contribution in [2.24, 2.45) is 0 Å². The van der Waals surface area contributed by atoms with Gasteiger partial charge < -0.3 is 0 Å². The molecule has 0 nitrogen and oxygen atoms in total. The summed E-state index contributed by atoms with van der Waals surface area (Å²) in [5.41, 5.74) is 0. The van der Waals surface area contributed by atoms with Crippen LogP contribution >= 0.6 is 0 Å². The van der Waals surface area contributed by atoms with E-state index < -0.39 is 0 Å². The molecule has 0 N–H and O–H groups in total. The lowest BCUT2D eigenvalue weighted by atomic mass is 10.6. The van der Waals surface area contributed by atoms with Crippen LogP contribution < -0.4 is 0 Å². The molecule has 0 saturated heterocycles. The smallest absolute Gasteiger partial charge is 0.0470 e. The Labute approximate surface area is 66.7 Å². The van der Waals surface area contributed by atoms with Crippen LogP contribution in [0.3, 0.4) is 0 Å². The first-order valence-corrected chi connectivity index (χ1v) is 3.89. The summed E-state index contributed by atoms with van der Waals surface area (Å²) in [4.78, 5) is 0. The van der Waals surface area contributed by atoms with Crippen molar-refractivity contribution in [1.29, 1.82) is 0 Å². The van der Waals surface area contributed by atoms with Crippen LogP contribution in [0.25, 0.3) is 0 Å². The van der Waals surface area contributed by atoms with Crippen LogP contribution in [0, 0.1) is 0 Å². The third kappa shape index (κ3) is 1360. The summed E-state index contributed by atoms with van der Waals surface area (Å²) in [7, 11) is 0. The predicted octanol–water partition coefficient (Wildman–Crippen LogP) is 4.19. The van der Waals surface area contributed by atoms with Crippen LogP contribution in [0.5, 0.6) is 0 Å². The molecule has 0 spiro atoms. The Morgan fingerprint density at radius 1 is 1.00 bits per heavy atom. The number of hydrogen-bond donors (Lipinski definition) is 0. The van der Waals surface area contributed by atoms with Crippen molar-refractivity contribution in [3.8, 4) is 0 Å². The second kappa shape index (κ2) is 39.2. The maximum atomic E-state index is 3.36. The van der Waals surface area contributed by atoms with Crippen molar-refractivity contribution in [3.05, 3.63) is 24.8 Å². The Bertz CT molecular complexity index is 47.1. The van der Waals surface area contributed by atoms with Crippen LogP contribution in [0.4, 0.5) is 0 Å². The zero-order valence-corrected chi connectivity index (χ0v) is 8.15. The maximum absolute atomic E-state index is 3.36. The standard InChI is InChI=1S/C4H8.C3H8.C3H6/c1-3-4-2;2*1-3-2/h3-4H,1-2H3;3H2,1-2H3;3H,1H2,2H3/b4-3+;;. The van der Waals surface area contributed by atoms with Gasteiger partial charge in [0, 0.05) is 0 Å². The fourth-order valence-electron chi connectivity index (χ4n) is 0. The Morgan fingerprint density at radius 3 is 1.10 bits per heavy atom. The van der Waals surface area contributed by atoms with E-state index in [9.17, 15) is 0 Å². The molecule has 0 aromatic rings. The molecule has 0 amide bonds. The normalized spacial score (nSPS) is 6.90. The topological polar surface area (TPSA) is 0 Å². The maximum Gasteiger partial charge on any atom is -0.0470 e. The molecule has 0 heteroatoms. The molecule has 0 aliphatic heterocycles. The van der Waals surface area contributed by atoms with Gasteiger partial charge in [-0.25, -0.2) is 0 Å². The molecule has 0 saturated carbocycles. The van der Waals surface area contributed by atoms with Crippen molar-refractivity contribution >= 4 is 0 Å². The monoisotopic (exact) mass is 142 g/mol. The Morgan fingerprint density at radius 2 is 1.10 bits per heavy atom. The van der Waals surface area contributed by atoms with E-state index in [2.05, 4.69) is 20.4 Å². The van der Waals surface area contributed by atoms with Crippen LogP contribution in [0.1, 0.15) is 41.0 Å². The molecule has 0 unspecified atom stereocenters. The molecular weight excluding hydrogens is 120 g/mol. The van der Waals surface area contributed by atoms with Gasteiger partial charge in [-0.3, -0.25) is 0 Å². The van der Waals surface area contributed by atoms with Gasteiger partial charge in [0.05, 0.1) is 0 Å². The highest BCUT2D eigenvalue weighted by Gasteiger charge is 1.35. The number of hydrogen-bond acceptors (Lipinski definition) is 0. The van der Waals surface area contributed by atoms with Crippen molar-refractivity contribution in [1.82, 2.24) is 0 Å². The molecule has 0 aromatic heterocycles. The molecule has 0 aliphatic carbocycles. The van der Waals surface area contributed by atoms with E-state index in [-0.39, 0.29) is 0 Å². The third-order valence-electron chi connectivity index (χ3n) is 0.333. The molecule has 0 radical (unpaired) electrons. The Hall–Kier alpha value is -0.520. The summed E-state index contributed by atoms with van der Waals surface area (Å²) in [6, 6.07) is 0. The summed E-state index contributed by atoms with van der Waals surface area (Å²) in [5, 5.41) is 0. The van der Waals surface area contributed by atoms with Gasteiger partial charge in [-0.2, -0.15) is 0 Å². The van der Waals surface area contributed by atoms with Gasteiger partial charge in [0.2, 0.25) is 0 Å². The highest BCUT2D eigenvalue weighted by Crippen LogP contribution is 1.57. The van der Waals surface area contributed by atoms with Gasteiger partial charge in [-0.15, -0.1) is 6.58 Å². The highest BCUT2D eigenvalue weighted by atomic mass is 13.4. The van der Waals surface area contributed by atoms with E-state index in [1.807, 2.05) is 32.9 Å². The van der Waals surface area contributed by atoms with Gasteiger partial charge in [0.25, 0.3) is 0 Å². The van der Waals surface area contributed by atoms with Crippen LogP contribution in [-0.2, 0) is 0 Å². The first kappa shape index (κ1) is 16.2. The quantitative estimate of drug-likeness (QED) is 0.445. The minimum atomic E-state index is 1.25. The molecule has 10 heavy (non-hydrogen) atoms. The zero-order valence-electron chi connectivity index (χ0n) is 8.15. The van der Waals surface area contributed by atoms with Crippen molar-refractivity contribution in [2.45, 2.75) is 41.0 Å². The van der Waals surface area contributed by atoms with E-state index in [4.69, 9.17) is 0 Å². The third-order valence-corrected chi connectivity index (χ3v) is 0.333. The lowest BCUT2D eigenvalue weighted by molar-refractivity contribution is 1.09. The second-order valence-corrected chi connectivity index (χ2v) is 1.78. The fourth-order valence-corrected chi connectivity index (χ4v) is 0. The van der Waals surface area contributed by atoms with Gasteiger partial charge in [-0.1, -0.05) is 38.5 Å². The average Bonchev–Trinajstić information content (AvgIpc) is 1.91. The molecule has 62 valence electrons. The predicted molar refractivity (Wildman–Crippen MR) is 52.3 cm³/mol. The number of allylic oxidation sites excluding steroid dienone is 3. The van der Waals surface area contributed by atoms with Crippen molar-refractivity contribution < 1.29 is 0 Å². The molecule has 0 aromatic carbocycles.